The topological polar surface area (TPSA) is 32.7 Å². The number of nitrogens with zero attached hydrogens (tertiary/aromatic N) is 1. The van der Waals surface area contributed by atoms with Crippen molar-refractivity contribution in [2.45, 2.75) is 37.8 Å². The summed E-state index contributed by atoms with van der Waals surface area (Å²) in [5.74, 6) is 0. The summed E-state index contributed by atoms with van der Waals surface area (Å²) < 4.78 is 0. The standard InChI is InChI=1S/C8H15NO2/c10-6-8-5-7-3-1-2-4-9(7)11-8/h7-8,10H,1-6H2/t7-,8+/m0/s1. The highest BCUT2D eigenvalue weighted by Crippen LogP contribution is 2.28. The quantitative estimate of drug-likeness (QED) is 0.603. The van der Waals surface area contributed by atoms with Gasteiger partial charge in [-0.1, -0.05) is 6.42 Å². The third-order valence-electron chi connectivity index (χ3n) is 2.60. The van der Waals surface area contributed by atoms with E-state index in [1.165, 1.54) is 19.3 Å². The maximum atomic E-state index is 8.86. The molecule has 0 bridgehead atoms. The summed E-state index contributed by atoms with van der Waals surface area (Å²) in [5.41, 5.74) is 0. The molecule has 0 aromatic heterocycles. The Balaban J connectivity index is 1.92. The van der Waals surface area contributed by atoms with Gasteiger partial charge in [0.05, 0.1) is 6.61 Å². The molecular weight excluding hydrogens is 142 g/mol. The van der Waals surface area contributed by atoms with Crippen molar-refractivity contribution in [3.05, 3.63) is 0 Å². The summed E-state index contributed by atoms with van der Waals surface area (Å²) in [6, 6.07) is 0.598. The molecule has 2 rings (SSSR count). The smallest absolute Gasteiger partial charge is 0.104 e. The van der Waals surface area contributed by atoms with Crippen LogP contribution in [0.4, 0.5) is 0 Å². The largest absolute Gasteiger partial charge is 0.394 e. The van der Waals surface area contributed by atoms with E-state index < -0.39 is 0 Å². The molecule has 1 N–H and O–H groups in total. The molecule has 2 aliphatic heterocycles. The second kappa shape index (κ2) is 3.09. The molecule has 3 heteroatoms. The van der Waals surface area contributed by atoms with E-state index in [4.69, 9.17) is 9.94 Å². The molecule has 0 amide bonds. The van der Waals surface area contributed by atoms with Crippen molar-refractivity contribution in [1.29, 1.82) is 0 Å². The van der Waals surface area contributed by atoms with E-state index in [9.17, 15) is 0 Å². The number of fused-ring (bicyclic) bond motifs is 1. The first kappa shape index (κ1) is 7.53. The van der Waals surface area contributed by atoms with Gasteiger partial charge in [0.2, 0.25) is 0 Å². The number of aliphatic hydroxyl groups is 1. The number of hydroxylamine groups is 2. The average molecular weight is 157 g/mol. The zero-order chi connectivity index (χ0) is 7.68. The molecule has 0 spiro atoms. The summed E-state index contributed by atoms with van der Waals surface area (Å²) >= 11 is 0. The van der Waals surface area contributed by atoms with Crippen molar-refractivity contribution in [3.8, 4) is 0 Å². The van der Waals surface area contributed by atoms with Crippen LogP contribution in [0.2, 0.25) is 0 Å². The number of hydrogen-bond acceptors (Lipinski definition) is 3. The van der Waals surface area contributed by atoms with E-state index in [1.54, 1.807) is 0 Å². The first-order valence-electron chi connectivity index (χ1n) is 4.44. The molecule has 2 atom stereocenters. The summed E-state index contributed by atoms with van der Waals surface area (Å²) in [6.07, 6.45) is 4.92. The molecule has 64 valence electrons. The van der Waals surface area contributed by atoms with Crippen LogP contribution in [0.1, 0.15) is 25.7 Å². The van der Waals surface area contributed by atoms with Crippen molar-refractivity contribution in [1.82, 2.24) is 5.06 Å². The van der Waals surface area contributed by atoms with E-state index in [2.05, 4.69) is 5.06 Å². The van der Waals surface area contributed by atoms with Crippen LogP contribution >= 0.6 is 0 Å². The van der Waals surface area contributed by atoms with Gasteiger partial charge >= 0.3 is 0 Å². The first-order valence-corrected chi connectivity index (χ1v) is 4.44. The molecule has 2 saturated heterocycles. The summed E-state index contributed by atoms with van der Waals surface area (Å²) in [4.78, 5) is 5.50. The number of piperidine rings is 1. The highest BCUT2D eigenvalue weighted by molar-refractivity contribution is 4.80. The summed E-state index contributed by atoms with van der Waals surface area (Å²) in [5, 5.41) is 10.9. The zero-order valence-corrected chi connectivity index (χ0v) is 6.70. The second-order valence-electron chi connectivity index (χ2n) is 3.44. The highest BCUT2D eigenvalue weighted by Gasteiger charge is 2.34. The third kappa shape index (κ3) is 1.41. The minimum Gasteiger partial charge on any atom is -0.394 e. The maximum absolute atomic E-state index is 8.86. The molecule has 2 heterocycles. The fourth-order valence-electron chi connectivity index (χ4n) is 1.99. The number of aliphatic hydroxyl groups excluding tert-OH is 1. The Morgan fingerprint density at radius 2 is 2.36 bits per heavy atom. The summed E-state index contributed by atoms with van der Waals surface area (Å²) in [6.45, 7) is 1.23. The lowest BCUT2D eigenvalue weighted by Crippen LogP contribution is -2.33. The molecule has 2 aliphatic rings. The normalized spacial score (nSPS) is 39.0. The van der Waals surface area contributed by atoms with E-state index in [0.717, 1.165) is 13.0 Å². The summed E-state index contributed by atoms with van der Waals surface area (Å²) in [7, 11) is 0. The van der Waals surface area contributed by atoms with Crippen LogP contribution < -0.4 is 0 Å². The van der Waals surface area contributed by atoms with Gasteiger partial charge in [-0.3, -0.25) is 4.84 Å². The molecule has 2 fully saturated rings. The Kier molecular flexibility index (Phi) is 2.11. The van der Waals surface area contributed by atoms with Gasteiger partial charge in [-0.05, 0) is 19.3 Å². The molecule has 0 aromatic carbocycles. The molecule has 11 heavy (non-hydrogen) atoms. The highest BCUT2D eigenvalue weighted by atomic mass is 16.7. The second-order valence-corrected chi connectivity index (χ2v) is 3.44. The molecule has 0 aliphatic carbocycles. The van der Waals surface area contributed by atoms with Gasteiger partial charge < -0.3 is 5.11 Å². The minimum atomic E-state index is 0.0816. The van der Waals surface area contributed by atoms with Crippen LogP contribution in [0.15, 0.2) is 0 Å². The van der Waals surface area contributed by atoms with Gasteiger partial charge in [-0.2, -0.15) is 5.06 Å². The predicted molar refractivity (Wildman–Crippen MR) is 40.9 cm³/mol. The van der Waals surface area contributed by atoms with Crippen LogP contribution in [0.3, 0.4) is 0 Å². The monoisotopic (exact) mass is 157 g/mol. The Bertz CT molecular complexity index is 126. The van der Waals surface area contributed by atoms with Crippen LogP contribution in [0.25, 0.3) is 0 Å². The first-order chi connectivity index (χ1) is 5.40. The number of hydrogen-bond donors (Lipinski definition) is 1. The zero-order valence-electron chi connectivity index (χ0n) is 6.70. The van der Waals surface area contributed by atoms with Crippen LogP contribution in [0, 0.1) is 0 Å². The van der Waals surface area contributed by atoms with E-state index >= 15 is 0 Å². The fraction of sp³-hybridized carbons (Fsp3) is 1.00. The Hall–Kier alpha value is -0.120. The molecule has 0 unspecified atom stereocenters. The Morgan fingerprint density at radius 3 is 3.09 bits per heavy atom. The van der Waals surface area contributed by atoms with Crippen molar-refractivity contribution < 1.29 is 9.94 Å². The van der Waals surface area contributed by atoms with Crippen molar-refractivity contribution in [2.75, 3.05) is 13.2 Å². The van der Waals surface area contributed by atoms with Gasteiger partial charge in [0.1, 0.15) is 6.10 Å². The molecule has 0 radical (unpaired) electrons. The van der Waals surface area contributed by atoms with Gasteiger partial charge in [0.25, 0.3) is 0 Å². The van der Waals surface area contributed by atoms with Gasteiger partial charge in [0, 0.05) is 12.6 Å². The number of rotatable bonds is 1. The third-order valence-corrected chi connectivity index (χ3v) is 2.60. The van der Waals surface area contributed by atoms with Crippen LogP contribution in [-0.4, -0.2) is 35.5 Å². The SMILES string of the molecule is OC[C@H]1C[C@@H]2CCCCN2O1. The van der Waals surface area contributed by atoms with Gasteiger partial charge in [0.15, 0.2) is 0 Å². The molecule has 3 nitrogen and oxygen atoms in total. The molecule has 0 aromatic rings. The van der Waals surface area contributed by atoms with Crippen LogP contribution in [0.5, 0.6) is 0 Å². The van der Waals surface area contributed by atoms with Crippen molar-refractivity contribution in [2.24, 2.45) is 0 Å². The van der Waals surface area contributed by atoms with Gasteiger partial charge in [-0.25, -0.2) is 0 Å². The Labute approximate surface area is 66.9 Å². The van der Waals surface area contributed by atoms with Crippen molar-refractivity contribution >= 4 is 0 Å². The lowest BCUT2D eigenvalue weighted by Gasteiger charge is -2.26. The van der Waals surface area contributed by atoms with E-state index in [1.807, 2.05) is 0 Å². The minimum absolute atomic E-state index is 0.0816. The fourth-order valence-corrected chi connectivity index (χ4v) is 1.99. The maximum Gasteiger partial charge on any atom is 0.104 e. The lowest BCUT2D eigenvalue weighted by atomic mass is 10.0. The molecule has 0 saturated carbocycles. The lowest BCUT2D eigenvalue weighted by molar-refractivity contribution is -0.178. The van der Waals surface area contributed by atoms with Gasteiger partial charge in [-0.15, -0.1) is 0 Å². The van der Waals surface area contributed by atoms with Crippen molar-refractivity contribution in [3.63, 3.8) is 0 Å². The molecular formula is C8H15NO2. The average Bonchev–Trinajstić information content (AvgIpc) is 2.46. The van der Waals surface area contributed by atoms with Crippen LogP contribution in [-0.2, 0) is 4.84 Å². The Morgan fingerprint density at radius 1 is 1.45 bits per heavy atom. The van der Waals surface area contributed by atoms with E-state index in [0.29, 0.717) is 6.04 Å². The van der Waals surface area contributed by atoms with E-state index in [-0.39, 0.29) is 12.7 Å². The predicted octanol–water partition coefficient (Wildman–Crippen LogP) is 0.537.